The molecule has 1 aromatic heterocycles. The lowest BCUT2D eigenvalue weighted by Gasteiger charge is -2.14. The molecule has 160 valence electrons. The molecule has 0 aliphatic heterocycles. The summed E-state index contributed by atoms with van der Waals surface area (Å²) in [5.41, 5.74) is -0.678. The highest BCUT2D eigenvalue weighted by Crippen LogP contribution is 2.32. The first-order valence-corrected chi connectivity index (χ1v) is 10.2. The highest BCUT2D eigenvalue weighted by molar-refractivity contribution is 7.85. The summed E-state index contributed by atoms with van der Waals surface area (Å²) in [5.74, 6) is 0.0860. The van der Waals surface area contributed by atoms with Crippen LogP contribution in [0.2, 0.25) is 0 Å². The van der Waals surface area contributed by atoms with Crippen molar-refractivity contribution in [3.05, 3.63) is 64.6 Å². The quantitative estimate of drug-likeness (QED) is 0.322. The van der Waals surface area contributed by atoms with Crippen molar-refractivity contribution in [1.82, 2.24) is 9.78 Å². The molecule has 11 nitrogen and oxygen atoms in total. The van der Waals surface area contributed by atoms with Crippen LogP contribution < -0.4 is 10.3 Å². The Kier molecular flexibility index (Phi) is 6.30. The van der Waals surface area contributed by atoms with Gasteiger partial charge in [0, 0.05) is 7.11 Å². The van der Waals surface area contributed by atoms with Gasteiger partial charge in [0.15, 0.2) is 17.7 Å². The standard InChI is InChI=1S/C19H17N5O6S/c1-12(29-2)30-17-9-8-14(31(26,27)28)10-15(17)21-22-18-16(11-20)23-24(19(18)25)13-6-4-3-5-7-13/h3-10,12,23H,1-2H3,(H,26,27,28). The van der Waals surface area contributed by atoms with E-state index in [-0.39, 0.29) is 22.8 Å². The van der Waals surface area contributed by atoms with Crippen molar-refractivity contribution < 1.29 is 22.4 Å². The van der Waals surface area contributed by atoms with Crippen molar-refractivity contribution in [1.29, 1.82) is 5.26 Å². The minimum absolute atomic E-state index is 0.0860. The fourth-order valence-corrected chi connectivity index (χ4v) is 3.02. The van der Waals surface area contributed by atoms with Crippen LogP contribution in [-0.2, 0) is 14.9 Å². The molecule has 0 aliphatic carbocycles. The van der Waals surface area contributed by atoms with Crippen LogP contribution in [0.25, 0.3) is 5.69 Å². The van der Waals surface area contributed by atoms with Gasteiger partial charge in [-0.1, -0.05) is 18.2 Å². The molecule has 0 radical (unpaired) electrons. The zero-order valence-electron chi connectivity index (χ0n) is 16.4. The van der Waals surface area contributed by atoms with E-state index >= 15 is 0 Å². The number of rotatable bonds is 7. The maximum Gasteiger partial charge on any atom is 0.300 e. The molecule has 12 heteroatoms. The van der Waals surface area contributed by atoms with Crippen LogP contribution in [0.3, 0.4) is 0 Å². The number of aromatic nitrogens is 2. The van der Waals surface area contributed by atoms with Crippen LogP contribution >= 0.6 is 0 Å². The van der Waals surface area contributed by atoms with Crippen molar-refractivity contribution >= 4 is 21.5 Å². The first-order chi connectivity index (χ1) is 14.7. The van der Waals surface area contributed by atoms with Gasteiger partial charge < -0.3 is 9.47 Å². The van der Waals surface area contributed by atoms with E-state index in [4.69, 9.17) is 9.47 Å². The Morgan fingerprint density at radius 2 is 1.90 bits per heavy atom. The number of azo groups is 1. The molecule has 1 atom stereocenters. The second-order valence-corrected chi connectivity index (χ2v) is 7.57. The van der Waals surface area contributed by atoms with Crippen LogP contribution in [0.5, 0.6) is 5.75 Å². The Morgan fingerprint density at radius 3 is 2.52 bits per heavy atom. The van der Waals surface area contributed by atoms with E-state index in [0.29, 0.717) is 5.69 Å². The molecule has 0 fully saturated rings. The summed E-state index contributed by atoms with van der Waals surface area (Å²) in [6, 6.07) is 13.8. The fraction of sp³-hybridized carbons (Fsp3) is 0.158. The number of methoxy groups -OCH3 is 1. The molecular formula is C19H17N5O6S. The topological polar surface area (TPSA) is 159 Å². The molecule has 0 spiro atoms. The van der Waals surface area contributed by atoms with Crippen LogP contribution in [0.4, 0.5) is 11.4 Å². The average Bonchev–Trinajstić information content (AvgIpc) is 3.08. The van der Waals surface area contributed by atoms with Crippen LogP contribution in [0, 0.1) is 11.3 Å². The van der Waals surface area contributed by atoms with Gasteiger partial charge in [-0.3, -0.25) is 14.4 Å². The number of para-hydroxylation sites is 1. The second-order valence-electron chi connectivity index (χ2n) is 6.15. The van der Waals surface area contributed by atoms with Crippen molar-refractivity contribution in [2.75, 3.05) is 7.11 Å². The number of nitriles is 1. The number of nitrogens with zero attached hydrogens (tertiary/aromatic N) is 4. The van der Waals surface area contributed by atoms with E-state index in [0.717, 1.165) is 16.8 Å². The van der Waals surface area contributed by atoms with Gasteiger partial charge in [0.05, 0.1) is 10.6 Å². The highest BCUT2D eigenvalue weighted by Gasteiger charge is 2.18. The van der Waals surface area contributed by atoms with Crippen LogP contribution in [0.1, 0.15) is 12.6 Å². The normalized spacial score (nSPS) is 12.6. The Hall–Kier alpha value is -3.79. The molecule has 0 aliphatic rings. The Bertz CT molecular complexity index is 1320. The van der Waals surface area contributed by atoms with Gasteiger partial charge in [-0.2, -0.15) is 13.7 Å². The van der Waals surface area contributed by atoms with E-state index in [1.54, 1.807) is 37.3 Å². The molecule has 1 unspecified atom stereocenters. The summed E-state index contributed by atoms with van der Waals surface area (Å²) in [6.45, 7) is 1.59. The lowest BCUT2D eigenvalue weighted by molar-refractivity contribution is -0.0379. The van der Waals surface area contributed by atoms with E-state index < -0.39 is 26.9 Å². The average molecular weight is 443 g/mol. The first kappa shape index (κ1) is 21.9. The van der Waals surface area contributed by atoms with E-state index in [2.05, 4.69) is 15.3 Å². The van der Waals surface area contributed by atoms with E-state index in [9.17, 15) is 23.0 Å². The molecule has 1 heterocycles. The summed E-state index contributed by atoms with van der Waals surface area (Å²) in [6.07, 6.45) is -0.706. The number of benzene rings is 2. The van der Waals surface area contributed by atoms with Gasteiger partial charge in [0.1, 0.15) is 17.5 Å². The Balaban J connectivity index is 2.10. The molecule has 3 rings (SSSR count). The molecule has 31 heavy (non-hydrogen) atoms. The summed E-state index contributed by atoms with van der Waals surface area (Å²) >= 11 is 0. The minimum atomic E-state index is -4.52. The highest BCUT2D eigenvalue weighted by atomic mass is 32.2. The maximum absolute atomic E-state index is 12.7. The lowest BCUT2D eigenvalue weighted by Crippen LogP contribution is -2.14. The lowest BCUT2D eigenvalue weighted by atomic mass is 10.3. The molecule has 0 saturated heterocycles. The third kappa shape index (κ3) is 4.86. The predicted octanol–water partition coefficient (Wildman–Crippen LogP) is 3.07. The third-order valence-corrected chi connectivity index (χ3v) is 4.95. The summed E-state index contributed by atoms with van der Waals surface area (Å²) in [7, 11) is -3.12. The van der Waals surface area contributed by atoms with E-state index in [1.807, 2.05) is 6.07 Å². The zero-order chi connectivity index (χ0) is 22.6. The van der Waals surface area contributed by atoms with Gasteiger partial charge in [-0.15, -0.1) is 10.2 Å². The minimum Gasteiger partial charge on any atom is -0.463 e. The molecule has 0 bridgehead atoms. The summed E-state index contributed by atoms with van der Waals surface area (Å²) in [4.78, 5) is 12.3. The zero-order valence-corrected chi connectivity index (χ0v) is 17.2. The third-order valence-electron chi connectivity index (χ3n) is 4.10. The molecule has 3 aromatic rings. The molecular weight excluding hydrogens is 426 g/mol. The molecule has 0 amide bonds. The van der Waals surface area contributed by atoms with Gasteiger partial charge in [-0.25, -0.2) is 4.68 Å². The smallest absolute Gasteiger partial charge is 0.300 e. The van der Waals surface area contributed by atoms with Crippen LogP contribution in [0.15, 0.2) is 68.4 Å². The first-order valence-electron chi connectivity index (χ1n) is 8.78. The number of H-pyrrole nitrogens is 1. The number of hydrogen-bond donors (Lipinski definition) is 2. The SMILES string of the molecule is COC(C)Oc1ccc(S(=O)(=O)O)cc1N=Nc1c(C#N)[nH]n(-c2ccccc2)c1=O. The Morgan fingerprint density at radius 1 is 1.19 bits per heavy atom. The van der Waals surface area contributed by atoms with Crippen molar-refractivity contribution in [3.63, 3.8) is 0 Å². The van der Waals surface area contributed by atoms with Gasteiger partial charge in [-0.05, 0) is 37.3 Å². The monoisotopic (exact) mass is 443 g/mol. The van der Waals surface area contributed by atoms with Crippen molar-refractivity contribution in [3.8, 4) is 17.5 Å². The number of nitrogens with one attached hydrogen (secondary N) is 1. The summed E-state index contributed by atoms with van der Waals surface area (Å²) in [5, 5.41) is 19.8. The second kappa shape index (κ2) is 8.92. The van der Waals surface area contributed by atoms with Crippen molar-refractivity contribution in [2.45, 2.75) is 18.1 Å². The molecule has 0 saturated carbocycles. The van der Waals surface area contributed by atoms with Crippen LogP contribution in [-0.4, -0.2) is 36.2 Å². The predicted molar refractivity (Wildman–Crippen MR) is 109 cm³/mol. The largest absolute Gasteiger partial charge is 0.463 e. The van der Waals surface area contributed by atoms with Gasteiger partial charge >= 0.3 is 0 Å². The molecule has 2 aromatic carbocycles. The number of ether oxygens (including phenoxy) is 2. The summed E-state index contributed by atoms with van der Waals surface area (Å²) < 4.78 is 43.9. The maximum atomic E-state index is 12.7. The van der Waals surface area contributed by atoms with Crippen molar-refractivity contribution in [2.24, 2.45) is 10.2 Å². The Labute approximate surface area is 176 Å². The van der Waals surface area contributed by atoms with Gasteiger partial charge in [0.2, 0.25) is 0 Å². The van der Waals surface area contributed by atoms with Gasteiger partial charge in [0.25, 0.3) is 15.7 Å². The molecule has 2 N–H and O–H groups in total. The number of hydrogen-bond acceptors (Lipinski definition) is 8. The van der Waals surface area contributed by atoms with E-state index in [1.165, 1.54) is 13.2 Å². The fourth-order valence-electron chi connectivity index (χ4n) is 2.52. The number of aromatic amines is 1.